The molecule has 0 radical (unpaired) electrons. The van der Waals surface area contributed by atoms with Gasteiger partial charge in [-0.05, 0) is 44.7 Å². The van der Waals surface area contributed by atoms with Gasteiger partial charge >= 0.3 is 18.0 Å². The smallest absolute Gasteiger partial charge is 0.388 e. The van der Waals surface area contributed by atoms with Crippen molar-refractivity contribution < 1.29 is 22.4 Å². The predicted octanol–water partition coefficient (Wildman–Crippen LogP) is 4.23. The molecule has 6 rings (SSSR count). The van der Waals surface area contributed by atoms with E-state index < -0.39 is 23.7 Å². The van der Waals surface area contributed by atoms with Crippen molar-refractivity contribution in [1.29, 1.82) is 0 Å². The monoisotopic (exact) mass is 601 g/mol. The van der Waals surface area contributed by atoms with Crippen LogP contribution in [0.1, 0.15) is 38.3 Å². The molecule has 0 saturated carbocycles. The van der Waals surface area contributed by atoms with E-state index in [1.165, 1.54) is 18.5 Å². The summed E-state index contributed by atoms with van der Waals surface area (Å²) in [4.78, 5) is 39.2. The van der Waals surface area contributed by atoms with Crippen LogP contribution in [0.25, 0.3) is 33.2 Å². The van der Waals surface area contributed by atoms with Gasteiger partial charge in [-0.15, -0.1) is 16.4 Å². The number of H-pyrrole nitrogens is 1. The molecule has 2 aliphatic rings. The average molecular weight is 602 g/mol. The van der Waals surface area contributed by atoms with E-state index in [0.29, 0.717) is 34.6 Å². The Morgan fingerprint density at radius 3 is 2.57 bits per heavy atom. The lowest BCUT2D eigenvalue weighted by Gasteiger charge is -2.39. The fourth-order valence-corrected chi connectivity index (χ4v) is 6.52. The Kier molecular flexibility index (Phi) is 7.18. The first-order valence-electron chi connectivity index (χ1n) is 13.3. The van der Waals surface area contributed by atoms with E-state index in [9.17, 15) is 22.8 Å². The maximum Gasteiger partial charge on any atom is 0.434 e. The average Bonchev–Trinajstić information content (AvgIpc) is 3.67. The summed E-state index contributed by atoms with van der Waals surface area (Å²) < 4.78 is 45.8. The van der Waals surface area contributed by atoms with Crippen LogP contribution in [0.5, 0.6) is 0 Å². The van der Waals surface area contributed by atoms with Crippen molar-refractivity contribution in [3.8, 4) is 33.2 Å². The van der Waals surface area contributed by atoms with E-state index in [2.05, 4.69) is 35.7 Å². The van der Waals surface area contributed by atoms with E-state index in [1.807, 2.05) is 0 Å². The lowest BCUT2D eigenvalue weighted by atomic mass is 9.95. The van der Waals surface area contributed by atoms with E-state index in [-0.39, 0.29) is 34.8 Å². The van der Waals surface area contributed by atoms with Gasteiger partial charge in [-0.25, -0.2) is 29.6 Å². The number of nitrogens with zero attached hydrogens (tertiary/aromatic N) is 5. The third kappa shape index (κ3) is 5.34. The van der Waals surface area contributed by atoms with Crippen LogP contribution >= 0.6 is 11.3 Å². The second kappa shape index (κ2) is 10.8. The molecule has 2 aliphatic heterocycles. The van der Waals surface area contributed by atoms with Crippen LogP contribution in [0.4, 0.5) is 29.6 Å². The summed E-state index contributed by atoms with van der Waals surface area (Å²) in [5, 5.41) is 12.4. The Bertz CT molecular complexity index is 1670. The number of carbonyl (C=O) groups excluding carboxylic acids is 1. The number of piperidine rings is 1. The number of carbonyl (C=O) groups is 1. The van der Waals surface area contributed by atoms with Gasteiger partial charge in [0, 0.05) is 59.1 Å². The first-order valence-corrected chi connectivity index (χ1v) is 14.2. The second-order valence-electron chi connectivity index (χ2n) is 10.2. The van der Waals surface area contributed by atoms with Gasteiger partial charge in [0.2, 0.25) is 0 Å². The Morgan fingerprint density at radius 1 is 1.17 bits per heavy atom. The molecule has 4 aromatic heterocycles. The van der Waals surface area contributed by atoms with Crippen molar-refractivity contribution in [2.75, 3.05) is 16.8 Å². The molecule has 2 fully saturated rings. The fraction of sp³-hybridized carbons (Fsp3) is 0.385. The van der Waals surface area contributed by atoms with E-state index in [0.717, 1.165) is 42.4 Å². The van der Waals surface area contributed by atoms with Gasteiger partial charge in [0.15, 0.2) is 5.69 Å². The lowest BCUT2D eigenvalue weighted by Crippen LogP contribution is -2.48. The minimum Gasteiger partial charge on any atom is -0.388 e. The van der Waals surface area contributed by atoms with Crippen molar-refractivity contribution in [2.45, 2.75) is 56.9 Å². The molecule has 2 bridgehead atoms. The van der Waals surface area contributed by atoms with Crippen molar-refractivity contribution in [1.82, 2.24) is 30.5 Å². The molecule has 2 amide bonds. The molecule has 1 unspecified atom stereocenters. The molecule has 0 aliphatic carbocycles. The number of pyridine rings is 2. The summed E-state index contributed by atoms with van der Waals surface area (Å²) in [5.41, 5.74) is 6.92. The number of aromatic nitrogens is 5. The molecular weight excluding hydrogens is 575 g/mol. The standard InChI is InChI=1S/C26H26F3N9O3S/c1-2-31-24(39)35-20-8-17(23-34-19(11-42-23)26(27,28)29)18(10-32-20)16-5-12(22-36-37-25(40)41-22)9-33-21(16)38-14-3-4-15(38)7-13(30)6-14/h5,8-11,13-15H,2-4,6-7,30H2,1H3,(H,37,40)(H2,31,32,35,39)/t13?,14-,15+. The van der Waals surface area contributed by atoms with Crippen LogP contribution in [0.15, 0.2) is 39.1 Å². The number of thiazole rings is 1. The number of rotatable bonds is 6. The van der Waals surface area contributed by atoms with Gasteiger partial charge in [-0.1, -0.05) is 0 Å². The fourth-order valence-electron chi connectivity index (χ4n) is 5.66. The summed E-state index contributed by atoms with van der Waals surface area (Å²) in [6.45, 7) is 2.12. The SMILES string of the molecule is CCNC(=O)Nc1cc(-c2nc(C(F)(F)F)cs2)c(-c2cc(-c3n[nH]c(=O)o3)cnc2N2[C@@H]3CC[C@H]2CC(N)C3)cn1. The summed E-state index contributed by atoms with van der Waals surface area (Å²) in [6, 6.07) is 3.00. The Labute approximate surface area is 240 Å². The van der Waals surface area contributed by atoms with Crippen molar-refractivity contribution in [3.63, 3.8) is 0 Å². The van der Waals surface area contributed by atoms with E-state index in [1.54, 1.807) is 13.0 Å². The van der Waals surface area contributed by atoms with Crippen LogP contribution in [0.2, 0.25) is 0 Å². The van der Waals surface area contributed by atoms with Crippen LogP contribution in [-0.4, -0.2) is 55.9 Å². The molecular formula is C26H26F3N9O3S. The molecule has 12 nitrogen and oxygen atoms in total. The Hall–Kier alpha value is -4.31. The predicted molar refractivity (Wildman–Crippen MR) is 149 cm³/mol. The highest BCUT2D eigenvalue weighted by Crippen LogP contribution is 2.46. The summed E-state index contributed by atoms with van der Waals surface area (Å²) in [7, 11) is 0. The zero-order valence-electron chi connectivity index (χ0n) is 22.2. The number of hydrogen-bond acceptors (Lipinski definition) is 10. The number of hydrogen-bond donors (Lipinski definition) is 4. The zero-order chi connectivity index (χ0) is 29.6. The third-order valence-electron chi connectivity index (χ3n) is 7.36. The first-order chi connectivity index (χ1) is 20.1. The molecule has 42 heavy (non-hydrogen) atoms. The molecule has 5 N–H and O–H groups in total. The summed E-state index contributed by atoms with van der Waals surface area (Å²) in [5.74, 6) is -0.0292. The van der Waals surface area contributed by atoms with Crippen LogP contribution in [0, 0.1) is 0 Å². The lowest BCUT2D eigenvalue weighted by molar-refractivity contribution is -0.140. The van der Waals surface area contributed by atoms with E-state index >= 15 is 0 Å². The molecule has 0 aromatic carbocycles. The number of halogens is 3. The molecule has 4 aromatic rings. The maximum absolute atomic E-state index is 13.5. The second-order valence-corrected chi connectivity index (χ2v) is 11.0. The van der Waals surface area contributed by atoms with Crippen molar-refractivity contribution in [2.24, 2.45) is 5.73 Å². The number of urea groups is 1. The number of alkyl halides is 3. The van der Waals surface area contributed by atoms with Crippen molar-refractivity contribution in [3.05, 3.63) is 46.2 Å². The molecule has 16 heteroatoms. The topological polar surface area (TPSA) is 168 Å². The number of nitrogens with two attached hydrogens (primary N) is 1. The van der Waals surface area contributed by atoms with Gasteiger partial charge in [-0.2, -0.15) is 13.2 Å². The zero-order valence-corrected chi connectivity index (χ0v) is 23.1. The van der Waals surface area contributed by atoms with Gasteiger partial charge < -0.3 is 20.4 Å². The first kappa shape index (κ1) is 27.8. The van der Waals surface area contributed by atoms with Gasteiger partial charge in [0.05, 0.1) is 5.56 Å². The van der Waals surface area contributed by atoms with E-state index in [4.69, 9.17) is 15.1 Å². The quantitative estimate of drug-likeness (QED) is 0.253. The summed E-state index contributed by atoms with van der Waals surface area (Å²) in [6.07, 6.45) is 1.77. The molecule has 0 spiro atoms. The highest BCUT2D eigenvalue weighted by atomic mass is 32.1. The number of fused-ring (bicyclic) bond motifs is 2. The minimum absolute atomic E-state index is 0.00146. The Morgan fingerprint density at radius 2 is 1.93 bits per heavy atom. The normalized spacial score (nSPS) is 20.1. The largest absolute Gasteiger partial charge is 0.434 e. The third-order valence-corrected chi connectivity index (χ3v) is 8.24. The number of amides is 2. The number of aromatic amines is 1. The molecule has 2 saturated heterocycles. The maximum atomic E-state index is 13.5. The minimum atomic E-state index is -4.64. The molecule has 220 valence electrons. The number of anilines is 2. The van der Waals surface area contributed by atoms with Gasteiger partial charge in [0.25, 0.3) is 5.89 Å². The van der Waals surface area contributed by atoms with Crippen molar-refractivity contribution >= 4 is 29.0 Å². The molecule has 6 heterocycles. The highest BCUT2D eigenvalue weighted by Gasteiger charge is 2.41. The van der Waals surface area contributed by atoms with Crippen LogP contribution in [-0.2, 0) is 6.18 Å². The Balaban J connectivity index is 1.54. The molecule has 3 atom stereocenters. The van der Waals surface area contributed by atoms with Gasteiger partial charge in [0.1, 0.15) is 16.6 Å². The summed E-state index contributed by atoms with van der Waals surface area (Å²) >= 11 is 0.820. The number of nitrogens with one attached hydrogen (secondary N) is 3. The highest BCUT2D eigenvalue weighted by molar-refractivity contribution is 7.13. The van der Waals surface area contributed by atoms with Crippen LogP contribution in [0.3, 0.4) is 0 Å². The van der Waals surface area contributed by atoms with Gasteiger partial charge in [-0.3, -0.25) is 5.32 Å². The van der Waals surface area contributed by atoms with Crippen LogP contribution < -0.4 is 27.0 Å².